The summed E-state index contributed by atoms with van der Waals surface area (Å²) in [7, 11) is 0. The number of hydrogen-bond acceptors (Lipinski definition) is 7. The quantitative estimate of drug-likeness (QED) is 0.503. The van der Waals surface area contributed by atoms with E-state index in [4.69, 9.17) is 9.47 Å². The lowest BCUT2D eigenvalue weighted by atomic mass is 10.1. The number of rotatable bonds is 5. The van der Waals surface area contributed by atoms with Gasteiger partial charge in [-0.15, -0.1) is 0 Å². The Morgan fingerprint density at radius 1 is 0.944 bits per heavy atom. The third-order valence-corrected chi connectivity index (χ3v) is 7.76. The number of benzene rings is 1. The van der Waals surface area contributed by atoms with Crippen molar-refractivity contribution in [3.05, 3.63) is 39.3 Å². The highest BCUT2D eigenvalue weighted by molar-refractivity contribution is 9.10. The first-order valence-corrected chi connectivity index (χ1v) is 13.3. The van der Waals surface area contributed by atoms with Gasteiger partial charge in [-0.05, 0) is 36.0 Å². The normalized spacial score (nSPS) is 20.1. The van der Waals surface area contributed by atoms with Gasteiger partial charge in [0, 0.05) is 53.3 Å². The van der Waals surface area contributed by atoms with E-state index in [0.717, 1.165) is 32.0 Å². The summed E-state index contributed by atoms with van der Waals surface area (Å²) in [5.41, 5.74) is 1.55. The van der Waals surface area contributed by atoms with Gasteiger partial charge in [0.1, 0.15) is 13.1 Å². The molecule has 3 aliphatic heterocycles. The van der Waals surface area contributed by atoms with E-state index >= 15 is 0 Å². The highest BCUT2D eigenvalue weighted by Gasteiger charge is 2.37. The lowest BCUT2D eigenvalue weighted by molar-refractivity contribution is -0.139. The summed E-state index contributed by atoms with van der Waals surface area (Å²) in [5, 5.41) is 0.371. The highest BCUT2D eigenvalue weighted by atomic mass is 79.9. The minimum Gasteiger partial charge on any atom is -0.378 e. The molecule has 10 nitrogen and oxygen atoms in total. The first kappa shape index (κ1) is 25.0. The number of thioether (sulfide) groups is 1. The standard InChI is InChI=1S/C24H25BrN4O6S/c25-17-1-2-19-18(12-17)16(13-28(19)14-21(30)26-3-7-34-8-4-26)11-20-23(32)29(24(33)36-20)15-22(31)27-5-9-35-10-6-27/h1-2,11-13H,3-10,14-15H2/b20-11-. The molecule has 12 heteroatoms. The molecule has 4 heterocycles. The van der Waals surface area contributed by atoms with E-state index in [1.807, 2.05) is 29.0 Å². The van der Waals surface area contributed by atoms with Crippen molar-refractivity contribution >= 4 is 67.6 Å². The summed E-state index contributed by atoms with van der Waals surface area (Å²) in [4.78, 5) is 55.8. The Morgan fingerprint density at radius 2 is 1.56 bits per heavy atom. The number of ether oxygens (including phenoxy) is 2. The number of hydrogen-bond donors (Lipinski definition) is 0. The number of halogens is 1. The number of carbonyl (C=O) groups excluding carboxylic acids is 4. The molecule has 0 radical (unpaired) electrons. The van der Waals surface area contributed by atoms with E-state index in [-0.39, 0.29) is 29.8 Å². The fraction of sp³-hybridized carbons (Fsp3) is 0.417. The van der Waals surface area contributed by atoms with Crippen LogP contribution in [0.2, 0.25) is 0 Å². The number of aromatic nitrogens is 1. The van der Waals surface area contributed by atoms with Gasteiger partial charge in [-0.1, -0.05) is 15.9 Å². The molecule has 0 bridgehead atoms. The third-order valence-electron chi connectivity index (χ3n) is 6.36. The van der Waals surface area contributed by atoms with Crippen molar-refractivity contribution in [1.82, 2.24) is 19.3 Å². The SMILES string of the molecule is O=C(CN1C(=O)S/C(=C\c2cn(CC(=O)N3CCOCC3)c3ccc(Br)cc23)C1=O)N1CCOCC1. The van der Waals surface area contributed by atoms with E-state index in [1.54, 1.807) is 15.9 Å². The summed E-state index contributed by atoms with van der Waals surface area (Å²) in [6.07, 6.45) is 3.48. The van der Waals surface area contributed by atoms with Crippen LogP contribution in [0.25, 0.3) is 17.0 Å². The number of nitrogens with zero attached hydrogens (tertiary/aromatic N) is 4. The van der Waals surface area contributed by atoms with E-state index in [0.29, 0.717) is 58.2 Å². The van der Waals surface area contributed by atoms with Crippen LogP contribution in [-0.2, 0) is 30.4 Å². The molecule has 2 aromatic rings. The van der Waals surface area contributed by atoms with Crippen LogP contribution in [0.3, 0.4) is 0 Å². The van der Waals surface area contributed by atoms with Crippen molar-refractivity contribution < 1.29 is 28.7 Å². The molecule has 0 spiro atoms. The van der Waals surface area contributed by atoms with Gasteiger partial charge in [0.25, 0.3) is 11.1 Å². The summed E-state index contributed by atoms with van der Waals surface area (Å²) in [6, 6.07) is 5.73. The first-order valence-electron chi connectivity index (χ1n) is 11.7. The van der Waals surface area contributed by atoms with Gasteiger partial charge >= 0.3 is 0 Å². The second-order valence-corrected chi connectivity index (χ2v) is 10.5. The van der Waals surface area contributed by atoms with Crippen LogP contribution in [0.4, 0.5) is 4.79 Å². The molecule has 4 amide bonds. The molecule has 0 aliphatic carbocycles. The first-order chi connectivity index (χ1) is 17.4. The summed E-state index contributed by atoms with van der Waals surface area (Å²) in [6.45, 7) is 3.83. The van der Waals surface area contributed by atoms with Gasteiger partial charge in [0.05, 0.1) is 31.3 Å². The van der Waals surface area contributed by atoms with Gasteiger partial charge < -0.3 is 23.8 Å². The van der Waals surface area contributed by atoms with Crippen molar-refractivity contribution in [3.8, 4) is 0 Å². The maximum atomic E-state index is 13.1. The zero-order chi connectivity index (χ0) is 25.2. The molecular formula is C24H25BrN4O6S. The van der Waals surface area contributed by atoms with E-state index in [1.165, 1.54) is 0 Å². The largest absolute Gasteiger partial charge is 0.378 e. The topological polar surface area (TPSA) is 101 Å². The average Bonchev–Trinajstić information content (AvgIpc) is 3.35. The molecule has 0 unspecified atom stereocenters. The zero-order valence-electron chi connectivity index (χ0n) is 19.5. The van der Waals surface area contributed by atoms with Gasteiger partial charge in [0.15, 0.2) is 0 Å². The number of morpholine rings is 2. The average molecular weight is 577 g/mol. The molecular weight excluding hydrogens is 552 g/mol. The van der Waals surface area contributed by atoms with E-state index < -0.39 is 11.1 Å². The van der Waals surface area contributed by atoms with Crippen molar-refractivity contribution in [2.24, 2.45) is 0 Å². The Bertz CT molecular complexity index is 1250. The minimum atomic E-state index is -0.494. The maximum Gasteiger partial charge on any atom is 0.294 e. The van der Waals surface area contributed by atoms with Gasteiger partial charge in [-0.2, -0.15) is 0 Å². The Labute approximate surface area is 220 Å². The molecule has 190 valence electrons. The smallest absolute Gasteiger partial charge is 0.294 e. The second-order valence-electron chi connectivity index (χ2n) is 8.63. The minimum absolute atomic E-state index is 0.00776. The molecule has 3 saturated heterocycles. The van der Waals surface area contributed by atoms with Crippen LogP contribution in [-0.4, -0.2) is 101 Å². The predicted molar refractivity (Wildman–Crippen MR) is 137 cm³/mol. The van der Waals surface area contributed by atoms with Gasteiger partial charge in [-0.3, -0.25) is 24.1 Å². The Morgan fingerprint density at radius 3 is 2.19 bits per heavy atom. The van der Waals surface area contributed by atoms with Crippen LogP contribution in [0.1, 0.15) is 5.56 Å². The summed E-state index contributed by atoms with van der Waals surface area (Å²) >= 11 is 4.31. The molecule has 3 fully saturated rings. The van der Waals surface area contributed by atoms with Crippen LogP contribution in [0.15, 0.2) is 33.8 Å². The second kappa shape index (κ2) is 10.8. The van der Waals surface area contributed by atoms with E-state index in [9.17, 15) is 19.2 Å². The molecule has 0 N–H and O–H groups in total. The monoisotopic (exact) mass is 576 g/mol. The predicted octanol–water partition coefficient (Wildman–Crippen LogP) is 2.16. The van der Waals surface area contributed by atoms with Gasteiger partial charge in [-0.25, -0.2) is 0 Å². The number of imide groups is 1. The molecule has 5 rings (SSSR count). The maximum absolute atomic E-state index is 13.1. The fourth-order valence-electron chi connectivity index (χ4n) is 4.43. The van der Waals surface area contributed by atoms with Crippen LogP contribution in [0.5, 0.6) is 0 Å². The molecule has 1 aromatic heterocycles. The zero-order valence-corrected chi connectivity index (χ0v) is 21.9. The Kier molecular flexibility index (Phi) is 7.47. The highest BCUT2D eigenvalue weighted by Crippen LogP contribution is 2.35. The lowest BCUT2D eigenvalue weighted by Gasteiger charge is -2.28. The molecule has 36 heavy (non-hydrogen) atoms. The third kappa shape index (κ3) is 5.22. The molecule has 3 aliphatic rings. The number of amides is 4. The number of carbonyl (C=O) groups is 4. The van der Waals surface area contributed by atoms with Crippen molar-refractivity contribution in [2.75, 3.05) is 59.2 Å². The van der Waals surface area contributed by atoms with Crippen LogP contribution < -0.4 is 0 Å². The Hall–Kier alpha value is -2.67. The molecule has 1 aromatic carbocycles. The fourth-order valence-corrected chi connectivity index (χ4v) is 5.62. The Balaban J connectivity index is 1.38. The summed E-state index contributed by atoms with van der Waals surface area (Å²) < 4.78 is 13.3. The molecule has 0 atom stereocenters. The van der Waals surface area contributed by atoms with Crippen LogP contribution in [0, 0.1) is 0 Å². The van der Waals surface area contributed by atoms with Crippen molar-refractivity contribution in [3.63, 3.8) is 0 Å². The van der Waals surface area contributed by atoms with E-state index in [2.05, 4.69) is 15.9 Å². The molecule has 0 saturated carbocycles. The van der Waals surface area contributed by atoms with Crippen molar-refractivity contribution in [1.29, 1.82) is 0 Å². The summed E-state index contributed by atoms with van der Waals surface area (Å²) in [5.74, 6) is -0.775. The van der Waals surface area contributed by atoms with Crippen molar-refractivity contribution in [2.45, 2.75) is 6.54 Å². The van der Waals surface area contributed by atoms with Crippen LogP contribution >= 0.6 is 27.7 Å². The van der Waals surface area contributed by atoms with Gasteiger partial charge in [0.2, 0.25) is 11.8 Å². The number of fused-ring (bicyclic) bond motifs is 1. The lowest BCUT2D eigenvalue weighted by Crippen LogP contribution is -2.46.